The summed E-state index contributed by atoms with van der Waals surface area (Å²) in [5, 5.41) is 6.91. The van der Waals surface area contributed by atoms with Gasteiger partial charge in [-0.15, -0.1) is 6.58 Å². The van der Waals surface area contributed by atoms with Crippen LogP contribution in [-0.4, -0.2) is 23.0 Å². The van der Waals surface area contributed by atoms with Crippen LogP contribution in [0.2, 0.25) is 0 Å². The molecule has 0 spiro atoms. The number of hydrogen-bond acceptors (Lipinski definition) is 5. The molecule has 0 aliphatic heterocycles. The fourth-order valence-corrected chi connectivity index (χ4v) is 5.33. The molecule has 1 heterocycles. The summed E-state index contributed by atoms with van der Waals surface area (Å²) in [6.45, 7) is 4.18. The van der Waals surface area contributed by atoms with Gasteiger partial charge in [0.2, 0.25) is 0 Å². The molecule has 0 aliphatic rings. The van der Waals surface area contributed by atoms with Gasteiger partial charge in [0.25, 0.3) is 5.56 Å². The van der Waals surface area contributed by atoms with Crippen molar-refractivity contribution in [3.8, 4) is 22.9 Å². The summed E-state index contributed by atoms with van der Waals surface area (Å²) in [4.78, 5) is 18.1. The maximum atomic E-state index is 13.6. The van der Waals surface area contributed by atoms with Crippen molar-refractivity contribution in [1.29, 1.82) is 0 Å². The number of allylic oxidation sites excluding steroid dienone is 1. The van der Waals surface area contributed by atoms with Crippen molar-refractivity contribution in [2.24, 2.45) is 5.10 Å². The molecule has 6 nitrogen and oxygen atoms in total. The Morgan fingerprint density at radius 3 is 2.41 bits per heavy atom. The second-order valence-corrected chi connectivity index (χ2v) is 10.5. The standard InChI is InChI=1S/C37H28F3N3O3/c1-3-10-26-19-24(20-33(45-2)34(26)46-23-28-14-8-12-25-11-4-5-16-30(25)28)22-41-43-35(27-13-9-15-29(21-27)37(38,39)40)42-32-18-7-6-17-31(32)36(43)44/h3-9,11-22H,1,10,23H2,2H3. The van der Waals surface area contributed by atoms with Crippen LogP contribution in [0.15, 0.2) is 126 Å². The second kappa shape index (κ2) is 12.7. The Morgan fingerprint density at radius 2 is 1.63 bits per heavy atom. The number of para-hydroxylation sites is 1. The Balaban J connectivity index is 1.41. The number of halogens is 3. The van der Waals surface area contributed by atoms with Gasteiger partial charge in [0.05, 0.1) is 29.8 Å². The van der Waals surface area contributed by atoms with Gasteiger partial charge in [-0.25, -0.2) is 4.98 Å². The summed E-state index contributed by atoms with van der Waals surface area (Å²) in [7, 11) is 1.53. The maximum Gasteiger partial charge on any atom is 0.416 e. The Hall–Kier alpha value is -5.70. The highest BCUT2D eigenvalue weighted by Crippen LogP contribution is 2.35. The number of hydrogen-bond donors (Lipinski definition) is 0. The first-order chi connectivity index (χ1) is 22.3. The molecular formula is C37H28F3N3O3. The van der Waals surface area contributed by atoms with Crippen LogP contribution in [0.3, 0.4) is 0 Å². The minimum Gasteiger partial charge on any atom is -0.493 e. The number of methoxy groups -OCH3 is 1. The molecule has 6 rings (SSSR count). The third kappa shape index (κ3) is 6.12. The van der Waals surface area contributed by atoms with Crippen LogP contribution in [0.1, 0.15) is 22.3 Å². The number of aromatic nitrogens is 2. The molecule has 6 aromatic rings. The largest absolute Gasteiger partial charge is 0.493 e. The van der Waals surface area contributed by atoms with E-state index in [1.54, 1.807) is 36.4 Å². The highest BCUT2D eigenvalue weighted by Gasteiger charge is 2.31. The van der Waals surface area contributed by atoms with E-state index in [1.807, 2.05) is 48.5 Å². The van der Waals surface area contributed by atoms with Crippen LogP contribution in [0.4, 0.5) is 13.2 Å². The van der Waals surface area contributed by atoms with Crippen LogP contribution < -0.4 is 15.0 Å². The summed E-state index contributed by atoms with van der Waals surface area (Å²) >= 11 is 0. The SMILES string of the molecule is C=CCc1cc(C=Nn2c(-c3cccc(C(F)(F)F)c3)nc3ccccc3c2=O)cc(OC)c1OCc1cccc2ccccc12. The van der Waals surface area contributed by atoms with Gasteiger partial charge in [0, 0.05) is 11.1 Å². The zero-order valence-corrected chi connectivity index (χ0v) is 24.8. The number of rotatable bonds is 9. The minimum absolute atomic E-state index is 0.0284. The predicted molar refractivity (Wildman–Crippen MR) is 175 cm³/mol. The van der Waals surface area contributed by atoms with Gasteiger partial charge < -0.3 is 9.47 Å². The molecule has 1 aromatic heterocycles. The lowest BCUT2D eigenvalue weighted by atomic mass is 10.0. The van der Waals surface area contributed by atoms with Gasteiger partial charge in [-0.1, -0.05) is 72.8 Å². The van der Waals surface area contributed by atoms with Crippen molar-refractivity contribution < 1.29 is 22.6 Å². The molecule has 46 heavy (non-hydrogen) atoms. The van der Waals surface area contributed by atoms with E-state index < -0.39 is 17.3 Å². The number of ether oxygens (including phenoxy) is 2. The Morgan fingerprint density at radius 1 is 0.891 bits per heavy atom. The van der Waals surface area contributed by atoms with Crippen LogP contribution >= 0.6 is 0 Å². The topological polar surface area (TPSA) is 65.7 Å². The van der Waals surface area contributed by atoms with E-state index in [-0.39, 0.29) is 16.8 Å². The third-order valence-electron chi connectivity index (χ3n) is 7.51. The first kappa shape index (κ1) is 30.3. The van der Waals surface area contributed by atoms with E-state index in [1.165, 1.54) is 25.5 Å². The molecule has 0 bridgehead atoms. The minimum atomic E-state index is -4.57. The Labute approximate surface area is 262 Å². The lowest BCUT2D eigenvalue weighted by Crippen LogP contribution is -2.20. The molecule has 0 radical (unpaired) electrons. The van der Waals surface area contributed by atoms with Crippen LogP contribution in [0.5, 0.6) is 11.5 Å². The summed E-state index contributed by atoms with van der Waals surface area (Å²) in [6, 6.07) is 29.0. The van der Waals surface area contributed by atoms with Crippen molar-refractivity contribution >= 4 is 27.9 Å². The third-order valence-corrected chi connectivity index (χ3v) is 7.51. The molecule has 9 heteroatoms. The molecule has 230 valence electrons. The Kier molecular flexibility index (Phi) is 8.39. The second-order valence-electron chi connectivity index (χ2n) is 10.5. The van der Waals surface area contributed by atoms with E-state index in [2.05, 4.69) is 16.7 Å². The summed E-state index contributed by atoms with van der Waals surface area (Å²) in [5.41, 5.74) is 1.41. The summed E-state index contributed by atoms with van der Waals surface area (Å²) in [6.07, 6.45) is -0.935. The van der Waals surface area contributed by atoms with Crippen molar-refractivity contribution in [2.45, 2.75) is 19.2 Å². The quantitative estimate of drug-likeness (QED) is 0.120. The number of nitrogens with zero attached hydrogens (tertiary/aromatic N) is 3. The summed E-state index contributed by atoms with van der Waals surface area (Å²) in [5.74, 6) is 0.962. The van der Waals surface area contributed by atoms with E-state index in [9.17, 15) is 18.0 Å². The van der Waals surface area contributed by atoms with E-state index in [0.29, 0.717) is 35.6 Å². The fraction of sp³-hybridized carbons (Fsp3) is 0.108. The van der Waals surface area contributed by atoms with E-state index >= 15 is 0 Å². The van der Waals surface area contributed by atoms with Gasteiger partial charge in [0.15, 0.2) is 17.3 Å². The molecule has 0 saturated carbocycles. The average Bonchev–Trinajstić information content (AvgIpc) is 3.07. The smallest absolute Gasteiger partial charge is 0.416 e. The first-order valence-electron chi connectivity index (χ1n) is 14.4. The van der Waals surface area contributed by atoms with Crippen LogP contribution in [0, 0.1) is 0 Å². The van der Waals surface area contributed by atoms with Crippen LogP contribution in [-0.2, 0) is 19.2 Å². The average molecular weight is 620 g/mol. The lowest BCUT2D eigenvalue weighted by Gasteiger charge is -2.17. The molecule has 5 aromatic carbocycles. The van der Waals surface area contributed by atoms with Crippen molar-refractivity contribution in [1.82, 2.24) is 9.66 Å². The van der Waals surface area contributed by atoms with Crippen LogP contribution in [0.25, 0.3) is 33.1 Å². The fourth-order valence-electron chi connectivity index (χ4n) is 5.33. The van der Waals surface area contributed by atoms with E-state index in [4.69, 9.17) is 9.47 Å². The first-order valence-corrected chi connectivity index (χ1v) is 14.4. The van der Waals surface area contributed by atoms with Crippen molar-refractivity contribution in [3.63, 3.8) is 0 Å². The molecule has 0 atom stereocenters. The molecule has 0 unspecified atom stereocenters. The molecule has 0 aliphatic carbocycles. The zero-order chi connectivity index (χ0) is 32.3. The van der Waals surface area contributed by atoms with Gasteiger partial charge in [-0.3, -0.25) is 4.79 Å². The monoisotopic (exact) mass is 619 g/mol. The lowest BCUT2D eigenvalue weighted by molar-refractivity contribution is -0.137. The number of alkyl halides is 3. The maximum absolute atomic E-state index is 13.6. The zero-order valence-electron chi connectivity index (χ0n) is 24.8. The molecule has 0 amide bonds. The van der Waals surface area contributed by atoms with E-state index in [0.717, 1.165) is 38.7 Å². The normalized spacial score (nSPS) is 11.7. The van der Waals surface area contributed by atoms with Crippen molar-refractivity contribution in [3.05, 3.63) is 148 Å². The van der Waals surface area contributed by atoms with Gasteiger partial charge in [-0.05, 0) is 64.7 Å². The molecule has 0 fully saturated rings. The van der Waals surface area contributed by atoms with Gasteiger partial charge in [0.1, 0.15) is 6.61 Å². The highest BCUT2D eigenvalue weighted by atomic mass is 19.4. The van der Waals surface area contributed by atoms with Crippen molar-refractivity contribution in [2.75, 3.05) is 7.11 Å². The molecule has 0 N–H and O–H groups in total. The molecule has 0 saturated heterocycles. The molecular weight excluding hydrogens is 591 g/mol. The van der Waals surface area contributed by atoms with Gasteiger partial charge >= 0.3 is 6.18 Å². The van der Waals surface area contributed by atoms with Gasteiger partial charge in [-0.2, -0.15) is 22.9 Å². The predicted octanol–water partition coefficient (Wildman–Crippen LogP) is 8.43. The number of benzene rings is 5. The summed E-state index contributed by atoms with van der Waals surface area (Å²) < 4.78 is 53.7. The Bertz CT molecular complexity index is 2160. The highest BCUT2D eigenvalue weighted by molar-refractivity contribution is 5.86. The number of fused-ring (bicyclic) bond motifs is 2.